The molecule has 0 fully saturated rings. The van der Waals surface area contributed by atoms with E-state index < -0.39 is 0 Å². The lowest BCUT2D eigenvalue weighted by Crippen LogP contribution is -2.08. The van der Waals surface area contributed by atoms with Gasteiger partial charge in [-0.15, -0.1) is 5.10 Å². The highest BCUT2D eigenvalue weighted by Crippen LogP contribution is 2.31. The van der Waals surface area contributed by atoms with E-state index in [1.807, 2.05) is 65.3 Å². The van der Waals surface area contributed by atoms with Crippen molar-refractivity contribution in [1.82, 2.24) is 19.6 Å². The molecule has 3 heterocycles. The minimum Gasteiger partial charge on any atom is -0.363 e. The number of nitriles is 1. The molecule has 0 radical (unpaired) electrons. The lowest BCUT2D eigenvalue weighted by molar-refractivity contribution is 0.907. The number of hydrogen-bond donors (Lipinski definition) is 1. The molecule has 0 spiro atoms. The quantitative estimate of drug-likeness (QED) is 0.450. The SMILES string of the molecule is N#Cc1ccc(-c2nc(NCc3ccccn3)c3c(-c4ccccc4)ccn3n2)cc1. The molecule has 0 aliphatic rings. The largest absolute Gasteiger partial charge is 0.363 e. The molecule has 0 unspecified atom stereocenters. The Morgan fingerprint density at radius 1 is 0.871 bits per heavy atom. The third-order valence-corrected chi connectivity index (χ3v) is 5.03. The van der Waals surface area contributed by atoms with Gasteiger partial charge in [0.1, 0.15) is 5.52 Å². The van der Waals surface area contributed by atoms with Crippen molar-refractivity contribution in [2.24, 2.45) is 0 Å². The van der Waals surface area contributed by atoms with E-state index in [0.717, 1.165) is 33.7 Å². The molecule has 6 heteroatoms. The van der Waals surface area contributed by atoms with Crippen molar-refractivity contribution in [2.75, 3.05) is 5.32 Å². The Kier molecular flexibility index (Phi) is 4.83. The van der Waals surface area contributed by atoms with Crippen LogP contribution in [0, 0.1) is 11.3 Å². The Hall–Kier alpha value is -4.50. The predicted molar refractivity (Wildman–Crippen MR) is 120 cm³/mol. The van der Waals surface area contributed by atoms with E-state index in [-0.39, 0.29) is 0 Å². The maximum absolute atomic E-state index is 9.07. The molecule has 1 N–H and O–H groups in total. The van der Waals surface area contributed by atoms with Gasteiger partial charge in [-0.3, -0.25) is 4.98 Å². The van der Waals surface area contributed by atoms with Crippen LogP contribution in [0.25, 0.3) is 28.0 Å². The molecule has 5 aromatic rings. The number of fused-ring (bicyclic) bond motifs is 1. The van der Waals surface area contributed by atoms with Gasteiger partial charge in [-0.25, -0.2) is 9.50 Å². The van der Waals surface area contributed by atoms with Crippen molar-refractivity contribution in [3.8, 4) is 28.6 Å². The molecular formula is C25H18N6. The van der Waals surface area contributed by atoms with E-state index in [1.54, 1.807) is 18.3 Å². The van der Waals surface area contributed by atoms with Crippen molar-refractivity contribution in [2.45, 2.75) is 6.54 Å². The van der Waals surface area contributed by atoms with Crippen molar-refractivity contribution < 1.29 is 0 Å². The third-order valence-electron chi connectivity index (χ3n) is 5.03. The van der Waals surface area contributed by atoms with E-state index in [0.29, 0.717) is 17.9 Å². The summed E-state index contributed by atoms with van der Waals surface area (Å²) in [6.45, 7) is 0.541. The van der Waals surface area contributed by atoms with Crippen LogP contribution in [0.2, 0.25) is 0 Å². The maximum atomic E-state index is 9.07. The average Bonchev–Trinajstić information content (AvgIpc) is 3.28. The molecule has 0 saturated carbocycles. The Morgan fingerprint density at radius 2 is 1.68 bits per heavy atom. The van der Waals surface area contributed by atoms with Crippen LogP contribution < -0.4 is 5.32 Å². The summed E-state index contributed by atoms with van der Waals surface area (Å²) in [5, 5.41) is 17.2. The van der Waals surface area contributed by atoms with Crippen LogP contribution in [0.4, 0.5) is 5.82 Å². The van der Waals surface area contributed by atoms with Gasteiger partial charge in [-0.05, 0) is 48.0 Å². The van der Waals surface area contributed by atoms with Crippen LogP contribution in [-0.2, 0) is 6.54 Å². The number of aromatic nitrogens is 4. The first-order chi connectivity index (χ1) is 15.3. The number of pyridine rings is 1. The number of nitrogens with zero attached hydrogens (tertiary/aromatic N) is 5. The zero-order valence-electron chi connectivity index (χ0n) is 16.6. The zero-order chi connectivity index (χ0) is 21.0. The minimum atomic E-state index is 0.541. The first-order valence-electron chi connectivity index (χ1n) is 9.91. The zero-order valence-corrected chi connectivity index (χ0v) is 16.6. The normalized spacial score (nSPS) is 10.7. The topological polar surface area (TPSA) is 78.9 Å². The predicted octanol–water partition coefficient (Wildman–Crippen LogP) is 4.94. The Bertz CT molecular complexity index is 1370. The van der Waals surface area contributed by atoms with Crippen LogP contribution in [-0.4, -0.2) is 19.6 Å². The van der Waals surface area contributed by atoms with Gasteiger partial charge in [0, 0.05) is 23.5 Å². The molecule has 0 atom stereocenters. The van der Waals surface area contributed by atoms with Crippen molar-refractivity contribution in [3.05, 3.63) is 103 Å². The number of rotatable bonds is 5. The van der Waals surface area contributed by atoms with Gasteiger partial charge in [-0.1, -0.05) is 36.4 Å². The summed E-state index contributed by atoms with van der Waals surface area (Å²) in [7, 11) is 0. The number of nitrogens with one attached hydrogen (secondary N) is 1. The summed E-state index contributed by atoms with van der Waals surface area (Å²) in [4.78, 5) is 9.24. The van der Waals surface area contributed by atoms with Gasteiger partial charge < -0.3 is 5.32 Å². The number of anilines is 1. The number of benzene rings is 2. The molecule has 6 nitrogen and oxygen atoms in total. The number of hydrogen-bond acceptors (Lipinski definition) is 5. The van der Waals surface area contributed by atoms with Crippen molar-refractivity contribution >= 4 is 11.3 Å². The summed E-state index contributed by atoms with van der Waals surface area (Å²) in [5.41, 5.74) is 5.42. The second-order valence-corrected chi connectivity index (χ2v) is 7.04. The molecule has 3 aromatic heterocycles. The van der Waals surface area contributed by atoms with Gasteiger partial charge in [0.05, 0.1) is 23.9 Å². The highest BCUT2D eigenvalue weighted by Gasteiger charge is 2.15. The van der Waals surface area contributed by atoms with E-state index in [1.165, 1.54) is 0 Å². The van der Waals surface area contributed by atoms with Gasteiger partial charge in [-0.2, -0.15) is 5.26 Å². The van der Waals surface area contributed by atoms with E-state index in [9.17, 15) is 0 Å². The fraction of sp³-hybridized carbons (Fsp3) is 0.0400. The van der Waals surface area contributed by atoms with Gasteiger partial charge in [0.2, 0.25) is 0 Å². The molecule has 148 valence electrons. The summed E-state index contributed by atoms with van der Waals surface area (Å²) in [6, 6.07) is 27.5. The highest BCUT2D eigenvalue weighted by atomic mass is 15.3. The molecule has 0 aliphatic carbocycles. The lowest BCUT2D eigenvalue weighted by atomic mass is 10.1. The minimum absolute atomic E-state index is 0.541. The third kappa shape index (κ3) is 3.72. The molecule has 0 aliphatic heterocycles. The second kappa shape index (κ2) is 8.09. The molecular weight excluding hydrogens is 384 g/mol. The van der Waals surface area contributed by atoms with Crippen LogP contribution in [0.5, 0.6) is 0 Å². The molecule has 0 amide bonds. The monoisotopic (exact) mass is 402 g/mol. The average molecular weight is 402 g/mol. The Labute approximate surface area is 179 Å². The molecule has 31 heavy (non-hydrogen) atoms. The van der Waals surface area contributed by atoms with Crippen LogP contribution >= 0.6 is 0 Å². The van der Waals surface area contributed by atoms with Crippen LogP contribution in [0.15, 0.2) is 91.3 Å². The smallest absolute Gasteiger partial charge is 0.182 e. The standard InChI is InChI=1S/C25H18N6/c26-16-18-9-11-20(12-10-18)24-29-25(28-17-21-8-4-5-14-27-21)23-22(13-15-31(23)30-24)19-6-2-1-3-7-19/h1-15H,17H2,(H,28,29,30). The van der Waals surface area contributed by atoms with E-state index in [4.69, 9.17) is 15.3 Å². The van der Waals surface area contributed by atoms with Crippen molar-refractivity contribution in [1.29, 1.82) is 5.26 Å². The van der Waals surface area contributed by atoms with Gasteiger partial charge >= 0.3 is 0 Å². The summed E-state index contributed by atoms with van der Waals surface area (Å²) in [6.07, 6.45) is 3.72. The fourth-order valence-corrected chi connectivity index (χ4v) is 3.49. The first-order valence-corrected chi connectivity index (χ1v) is 9.91. The molecule has 2 aromatic carbocycles. The Balaban J connectivity index is 1.63. The van der Waals surface area contributed by atoms with Crippen LogP contribution in [0.3, 0.4) is 0 Å². The second-order valence-electron chi connectivity index (χ2n) is 7.04. The molecule has 0 saturated heterocycles. The lowest BCUT2D eigenvalue weighted by Gasteiger charge is -2.11. The van der Waals surface area contributed by atoms with Gasteiger partial charge in [0.15, 0.2) is 11.6 Å². The van der Waals surface area contributed by atoms with E-state index in [2.05, 4.69) is 28.5 Å². The van der Waals surface area contributed by atoms with Gasteiger partial charge in [0.25, 0.3) is 0 Å². The summed E-state index contributed by atoms with van der Waals surface area (Å²) >= 11 is 0. The maximum Gasteiger partial charge on any atom is 0.182 e. The van der Waals surface area contributed by atoms with Crippen LogP contribution in [0.1, 0.15) is 11.3 Å². The summed E-state index contributed by atoms with van der Waals surface area (Å²) in [5.74, 6) is 1.31. The molecule has 0 bridgehead atoms. The highest BCUT2D eigenvalue weighted by molar-refractivity contribution is 5.89. The Morgan fingerprint density at radius 3 is 2.42 bits per heavy atom. The fourth-order valence-electron chi connectivity index (χ4n) is 3.49. The first kappa shape index (κ1) is 18.5. The van der Waals surface area contributed by atoms with E-state index >= 15 is 0 Å². The summed E-state index contributed by atoms with van der Waals surface area (Å²) < 4.78 is 1.85. The van der Waals surface area contributed by atoms with Crippen molar-refractivity contribution in [3.63, 3.8) is 0 Å². The molecule has 5 rings (SSSR count).